The zero-order valence-corrected chi connectivity index (χ0v) is 15.5. The molecule has 0 bridgehead atoms. The Kier molecular flexibility index (Phi) is 5.59. The number of aromatic nitrogens is 2. The van der Waals surface area contributed by atoms with E-state index in [9.17, 15) is 9.90 Å². The van der Waals surface area contributed by atoms with Gasteiger partial charge in [-0.15, -0.1) is 0 Å². The number of carboxylic acids is 1. The van der Waals surface area contributed by atoms with Crippen LogP contribution in [-0.4, -0.2) is 42.4 Å². The first-order chi connectivity index (χ1) is 13.5. The lowest BCUT2D eigenvalue weighted by Crippen LogP contribution is -2.01. The minimum atomic E-state index is -1.10. The minimum absolute atomic E-state index is 0.0320. The molecule has 0 fully saturated rings. The summed E-state index contributed by atoms with van der Waals surface area (Å²) >= 11 is 0. The largest absolute Gasteiger partial charge is 0.503 e. The highest BCUT2D eigenvalue weighted by molar-refractivity contribution is 6.19. The van der Waals surface area contributed by atoms with E-state index in [0.29, 0.717) is 28.5 Å². The third-order valence-corrected chi connectivity index (χ3v) is 3.90. The van der Waals surface area contributed by atoms with Crippen molar-refractivity contribution in [2.75, 3.05) is 21.3 Å². The third-order valence-electron chi connectivity index (χ3n) is 3.90. The minimum Gasteiger partial charge on any atom is -0.503 e. The van der Waals surface area contributed by atoms with Gasteiger partial charge < -0.3 is 24.1 Å². The highest BCUT2D eigenvalue weighted by Crippen LogP contribution is 2.31. The molecule has 2 aromatic carbocycles. The number of ether oxygens (including phenoxy) is 4. The number of rotatable bonds is 7. The maximum atomic E-state index is 11.6. The van der Waals surface area contributed by atoms with E-state index in [0.717, 1.165) is 5.39 Å². The second kappa shape index (κ2) is 8.26. The fraction of sp³-hybridized carbons (Fsp3) is 0.150. The molecule has 0 amide bonds. The number of aliphatic carboxylic acids is 1. The maximum Gasteiger partial charge on any atom is 0.339 e. The van der Waals surface area contributed by atoms with Crippen LogP contribution in [0.15, 0.2) is 48.7 Å². The molecule has 0 aliphatic carbocycles. The summed E-state index contributed by atoms with van der Waals surface area (Å²) in [6, 6.07) is 12.2. The molecule has 1 aromatic heterocycles. The summed E-state index contributed by atoms with van der Waals surface area (Å²) in [5, 5.41) is 11.0. The van der Waals surface area contributed by atoms with Gasteiger partial charge in [0.05, 0.1) is 33.7 Å². The summed E-state index contributed by atoms with van der Waals surface area (Å²) in [4.78, 5) is 19.9. The van der Waals surface area contributed by atoms with Crippen LogP contribution in [0.3, 0.4) is 0 Å². The average molecular weight is 382 g/mol. The van der Waals surface area contributed by atoms with E-state index in [1.54, 1.807) is 24.3 Å². The van der Waals surface area contributed by atoms with Crippen molar-refractivity contribution in [1.29, 1.82) is 0 Å². The zero-order chi connectivity index (χ0) is 20.1. The van der Waals surface area contributed by atoms with Gasteiger partial charge in [0.1, 0.15) is 11.3 Å². The smallest absolute Gasteiger partial charge is 0.339 e. The lowest BCUT2D eigenvalue weighted by atomic mass is 9.99. The van der Waals surface area contributed by atoms with Crippen molar-refractivity contribution in [2.24, 2.45) is 0 Å². The fourth-order valence-electron chi connectivity index (χ4n) is 2.64. The molecule has 0 spiro atoms. The molecule has 0 atom stereocenters. The second-order valence-electron chi connectivity index (χ2n) is 5.60. The van der Waals surface area contributed by atoms with Crippen LogP contribution in [0.1, 0.15) is 5.56 Å². The van der Waals surface area contributed by atoms with Gasteiger partial charge in [-0.2, -0.15) is 9.97 Å². The Balaban J connectivity index is 2.06. The van der Waals surface area contributed by atoms with Crippen molar-refractivity contribution >= 4 is 22.3 Å². The van der Waals surface area contributed by atoms with Crippen LogP contribution in [-0.2, 0) is 9.53 Å². The normalized spacial score (nSPS) is 11.2. The highest BCUT2D eigenvalue weighted by Gasteiger charge is 2.15. The topological polar surface area (TPSA) is 100 Å². The first-order valence-electron chi connectivity index (χ1n) is 8.20. The molecule has 28 heavy (non-hydrogen) atoms. The number of carbonyl (C=O) groups is 1. The molecule has 8 heteroatoms. The van der Waals surface area contributed by atoms with Gasteiger partial charge in [0.2, 0.25) is 11.8 Å². The molecule has 0 aliphatic heterocycles. The van der Waals surface area contributed by atoms with Gasteiger partial charge in [0, 0.05) is 5.56 Å². The van der Waals surface area contributed by atoms with Gasteiger partial charge in [-0.1, -0.05) is 24.3 Å². The Labute approximate surface area is 161 Å². The van der Waals surface area contributed by atoms with Crippen molar-refractivity contribution in [1.82, 2.24) is 9.97 Å². The molecular weight excluding hydrogens is 364 g/mol. The molecule has 1 N–H and O–H groups in total. The van der Waals surface area contributed by atoms with Crippen molar-refractivity contribution in [3.05, 3.63) is 54.3 Å². The van der Waals surface area contributed by atoms with E-state index in [2.05, 4.69) is 9.97 Å². The quantitative estimate of drug-likeness (QED) is 0.489. The van der Waals surface area contributed by atoms with Gasteiger partial charge in [-0.3, -0.25) is 0 Å². The molecule has 1 heterocycles. The van der Waals surface area contributed by atoms with Crippen LogP contribution >= 0.6 is 0 Å². The van der Waals surface area contributed by atoms with Crippen molar-refractivity contribution in [3.63, 3.8) is 0 Å². The predicted molar refractivity (Wildman–Crippen MR) is 102 cm³/mol. The number of benzene rings is 2. The number of hydrogen-bond acceptors (Lipinski definition) is 7. The first-order valence-corrected chi connectivity index (χ1v) is 8.20. The number of carboxylic acid groups (broad SMARTS) is 1. The molecule has 3 aromatic rings. The summed E-state index contributed by atoms with van der Waals surface area (Å²) in [5.74, 6) is -0.0852. The van der Waals surface area contributed by atoms with E-state index in [1.807, 2.05) is 12.1 Å². The molecule has 0 aliphatic rings. The van der Waals surface area contributed by atoms with Crippen LogP contribution in [0, 0.1) is 0 Å². The Morgan fingerprint density at radius 2 is 1.71 bits per heavy atom. The van der Waals surface area contributed by atoms with Gasteiger partial charge in [0.25, 0.3) is 0 Å². The van der Waals surface area contributed by atoms with Crippen molar-refractivity contribution in [3.8, 4) is 23.5 Å². The van der Waals surface area contributed by atoms with E-state index >= 15 is 0 Å². The van der Waals surface area contributed by atoms with Crippen molar-refractivity contribution < 1.29 is 28.8 Å². The summed E-state index contributed by atoms with van der Waals surface area (Å²) in [6.07, 6.45) is 1.20. The zero-order valence-electron chi connectivity index (χ0n) is 15.5. The molecule has 0 saturated carbocycles. The summed E-state index contributed by atoms with van der Waals surface area (Å²) in [6.45, 7) is 0. The summed E-state index contributed by atoms with van der Waals surface area (Å²) < 4.78 is 20.9. The summed E-state index contributed by atoms with van der Waals surface area (Å²) in [5.41, 5.74) is 0.533. The van der Waals surface area contributed by atoms with E-state index in [1.165, 1.54) is 33.7 Å². The fourth-order valence-corrected chi connectivity index (χ4v) is 2.64. The van der Waals surface area contributed by atoms with E-state index in [4.69, 9.17) is 18.9 Å². The standard InChI is InChI=1S/C20H18N2O6/c1-25-11-16(19(23)24)14-6-4-5-12-7-8-13(9-15(12)14)28-20-21-17(26-2)10-18(22-20)27-3/h4-11H,1-3H3,(H,23,24)/b16-11+. The predicted octanol–water partition coefficient (Wildman–Crippen LogP) is 3.51. The molecule has 8 nitrogen and oxygen atoms in total. The third kappa shape index (κ3) is 3.96. The number of methoxy groups -OCH3 is 3. The Hall–Kier alpha value is -3.81. The lowest BCUT2D eigenvalue weighted by Gasteiger charge is -2.11. The Morgan fingerprint density at radius 3 is 2.32 bits per heavy atom. The number of nitrogens with zero attached hydrogens (tertiary/aromatic N) is 2. The van der Waals surface area contributed by atoms with E-state index in [-0.39, 0.29) is 11.6 Å². The van der Waals surface area contributed by atoms with Crippen molar-refractivity contribution in [2.45, 2.75) is 0 Å². The molecule has 0 radical (unpaired) electrons. The first kappa shape index (κ1) is 19.0. The molecule has 0 saturated heterocycles. The highest BCUT2D eigenvalue weighted by atomic mass is 16.5. The monoisotopic (exact) mass is 382 g/mol. The Morgan fingerprint density at radius 1 is 1.00 bits per heavy atom. The average Bonchev–Trinajstić information content (AvgIpc) is 2.71. The van der Waals surface area contributed by atoms with Crippen LogP contribution in [0.25, 0.3) is 16.3 Å². The van der Waals surface area contributed by atoms with Gasteiger partial charge in [0.15, 0.2) is 0 Å². The van der Waals surface area contributed by atoms with Gasteiger partial charge >= 0.3 is 12.0 Å². The van der Waals surface area contributed by atoms with Crippen LogP contribution in [0.4, 0.5) is 0 Å². The molecule has 144 valence electrons. The second-order valence-corrected chi connectivity index (χ2v) is 5.60. The molecule has 3 rings (SSSR count). The molecule has 0 unspecified atom stereocenters. The molecular formula is C20H18N2O6. The number of hydrogen-bond donors (Lipinski definition) is 1. The van der Waals surface area contributed by atoms with Crippen LogP contribution in [0.5, 0.6) is 23.5 Å². The Bertz CT molecular complexity index is 1030. The van der Waals surface area contributed by atoms with Crippen LogP contribution < -0.4 is 14.2 Å². The lowest BCUT2D eigenvalue weighted by molar-refractivity contribution is -0.130. The maximum absolute atomic E-state index is 11.6. The SMILES string of the molecule is CO/C=C(/C(=O)O)c1cccc2ccc(Oc3nc(OC)cc(OC)n3)cc12. The van der Waals surface area contributed by atoms with Gasteiger partial charge in [-0.05, 0) is 22.9 Å². The summed E-state index contributed by atoms with van der Waals surface area (Å²) in [7, 11) is 4.35. The van der Waals surface area contributed by atoms with E-state index < -0.39 is 5.97 Å². The van der Waals surface area contributed by atoms with Crippen LogP contribution in [0.2, 0.25) is 0 Å². The number of fused-ring (bicyclic) bond motifs is 1. The van der Waals surface area contributed by atoms with Gasteiger partial charge in [-0.25, -0.2) is 4.79 Å².